The van der Waals surface area contributed by atoms with Crippen molar-refractivity contribution in [3.8, 4) is 0 Å². The van der Waals surface area contributed by atoms with Gasteiger partial charge < -0.3 is 10.6 Å². The second-order valence-corrected chi connectivity index (χ2v) is 5.27. The Labute approximate surface area is 132 Å². The number of hydrogen-bond acceptors (Lipinski definition) is 3. The highest BCUT2D eigenvalue weighted by Crippen LogP contribution is 2.14. The minimum Gasteiger partial charge on any atom is -0.366 e. The van der Waals surface area contributed by atoms with Crippen LogP contribution in [0.5, 0.6) is 0 Å². The molecule has 0 fully saturated rings. The van der Waals surface area contributed by atoms with Crippen LogP contribution in [0, 0.1) is 5.92 Å². The van der Waals surface area contributed by atoms with Gasteiger partial charge in [0.25, 0.3) is 0 Å². The van der Waals surface area contributed by atoms with Crippen molar-refractivity contribution in [2.24, 2.45) is 5.92 Å². The van der Waals surface area contributed by atoms with Gasteiger partial charge in [-0.3, -0.25) is 4.79 Å². The summed E-state index contributed by atoms with van der Waals surface area (Å²) in [7, 11) is 0. The van der Waals surface area contributed by atoms with Gasteiger partial charge in [-0.25, -0.2) is 4.98 Å². The third-order valence-electron chi connectivity index (χ3n) is 3.70. The fraction of sp³-hybridized carbons (Fsp3) is 0.333. The molecule has 0 saturated carbocycles. The van der Waals surface area contributed by atoms with Crippen LogP contribution in [0.3, 0.4) is 0 Å². The maximum absolute atomic E-state index is 12.0. The molecule has 0 saturated heterocycles. The molecule has 22 heavy (non-hydrogen) atoms. The summed E-state index contributed by atoms with van der Waals surface area (Å²) in [4.78, 5) is 16.3. The largest absolute Gasteiger partial charge is 0.366 e. The molecule has 0 atom stereocenters. The van der Waals surface area contributed by atoms with Crippen molar-refractivity contribution < 1.29 is 4.79 Å². The molecule has 0 aliphatic rings. The zero-order valence-electron chi connectivity index (χ0n) is 13.2. The minimum absolute atomic E-state index is 0.0656. The van der Waals surface area contributed by atoms with Gasteiger partial charge >= 0.3 is 0 Å². The lowest BCUT2D eigenvalue weighted by molar-refractivity contribution is -0.120. The van der Waals surface area contributed by atoms with E-state index in [9.17, 15) is 4.79 Å². The number of aromatic nitrogens is 1. The molecule has 0 aliphatic heterocycles. The van der Waals surface area contributed by atoms with Crippen LogP contribution in [0.15, 0.2) is 48.7 Å². The fourth-order valence-electron chi connectivity index (χ4n) is 2.26. The van der Waals surface area contributed by atoms with Crippen LogP contribution in [0.2, 0.25) is 0 Å². The molecule has 1 aromatic carbocycles. The number of nitrogens with zero attached hydrogens (tertiary/aromatic N) is 1. The number of rotatable bonds is 7. The highest BCUT2D eigenvalue weighted by atomic mass is 16.1. The summed E-state index contributed by atoms with van der Waals surface area (Å²) < 4.78 is 0. The van der Waals surface area contributed by atoms with Crippen molar-refractivity contribution >= 4 is 17.4 Å². The Bertz CT molecular complexity index is 577. The summed E-state index contributed by atoms with van der Waals surface area (Å²) in [6.07, 6.45) is 3.40. The highest BCUT2D eigenvalue weighted by Gasteiger charge is 2.13. The van der Waals surface area contributed by atoms with Crippen LogP contribution >= 0.6 is 0 Å². The molecule has 0 radical (unpaired) electrons. The standard InChI is InChI=1S/C18H23N3O/c1-3-15(4-2)18(22)21-16-10-11-17(20-13-16)19-12-14-8-6-5-7-9-14/h5-11,13,15H,3-4,12H2,1-2H3,(H,19,20)(H,21,22). The molecule has 1 aromatic heterocycles. The summed E-state index contributed by atoms with van der Waals surface area (Å²) in [5.41, 5.74) is 1.94. The van der Waals surface area contributed by atoms with Crippen LogP contribution in [0.4, 0.5) is 11.5 Å². The van der Waals surface area contributed by atoms with Crippen molar-refractivity contribution in [1.82, 2.24) is 4.98 Å². The maximum atomic E-state index is 12.0. The Morgan fingerprint density at radius 1 is 1.09 bits per heavy atom. The van der Waals surface area contributed by atoms with E-state index < -0.39 is 0 Å². The lowest BCUT2D eigenvalue weighted by Gasteiger charge is -2.13. The number of nitrogens with one attached hydrogen (secondary N) is 2. The van der Waals surface area contributed by atoms with E-state index in [1.807, 2.05) is 44.2 Å². The van der Waals surface area contributed by atoms with Crippen molar-refractivity contribution in [1.29, 1.82) is 0 Å². The molecule has 0 spiro atoms. The molecule has 1 heterocycles. The first-order valence-corrected chi connectivity index (χ1v) is 7.77. The number of carbonyl (C=O) groups excluding carboxylic acids is 1. The van der Waals surface area contributed by atoms with Crippen LogP contribution in [0.1, 0.15) is 32.3 Å². The third kappa shape index (κ3) is 4.58. The number of benzene rings is 1. The Balaban J connectivity index is 1.89. The zero-order valence-corrected chi connectivity index (χ0v) is 13.2. The molecule has 2 aromatic rings. The lowest BCUT2D eigenvalue weighted by atomic mass is 10.0. The lowest BCUT2D eigenvalue weighted by Crippen LogP contribution is -2.21. The van der Waals surface area contributed by atoms with E-state index >= 15 is 0 Å². The summed E-state index contributed by atoms with van der Waals surface area (Å²) >= 11 is 0. The first-order valence-electron chi connectivity index (χ1n) is 7.77. The van der Waals surface area contributed by atoms with Crippen molar-refractivity contribution in [3.05, 3.63) is 54.2 Å². The quantitative estimate of drug-likeness (QED) is 0.810. The number of anilines is 2. The zero-order chi connectivity index (χ0) is 15.8. The summed E-state index contributed by atoms with van der Waals surface area (Å²) in [5, 5.41) is 6.18. The molecule has 1 amide bonds. The van der Waals surface area contributed by atoms with E-state index in [1.165, 1.54) is 5.56 Å². The minimum atomic E-state index is 0.0656. The molecule has 0 aliphatic carbocycles. The van der Waals surface area contributed by atoms with Gasteiger partial charge in [0, 0.05) is 12.5 Å². The van der Waals surface area contributed by atoms with Gasteiger partial charge in [0.1, 0.15) is 5.82 Å². The van der Waals surface area contributed by atoms with E-state index in [0.29, 0.717) is 0 Å². The van der Waals surface area contributed by atoms with E-state index in [2.05, 4.69) is 27.8 Å². The number of hydrogen-bond donors (Lipinski definition) is 2. The highest BCUT2D eigenvalue weighted by molar-refractivity contribution is 5.92. The maximum Gasteiger partial charge on any atom is 0.227 e. The number of carbonyl (C=O) groups is 1. The normalized spacial score (nSPS) is 10.5. The summed E-state index contributed by atoms with van der Waals surface area (Å²) in [6, 6.07) is 13.9. The molecule has 4 heteroatoms. The van der Waals surface area contributed by atoms with Gasteiger partial charge in [0.05, 0.1) is 11.9 Å². The molecule has 116 valence electrons. The molecular weight excluding hydrogens is 274 g/mol. The van der Waals surface area contributed by atoms with E-state index in [0.717, 1.165) is 30.9 Å². The van der Waals surface area contributed by atoms with E-state index in [4.69, 9.17) is 0 Å². The Kier molecular flexibility index (Phi) is 5.95. The third-order valence-corrected chi connectivity index (χ3v) is 3.70. The van der Waals surface area contributed by atoms with Crippen LogP contribution in [-0.2, 0) is 11.3 Å². The smallest absolute Gasteiger partial charge is 0.227 e. The first kappa shape index (κ1) is 16.0. The van der Waals surface area contributed by atoms with Crippen LogP contribution in [0.25, 0.3) is 0 Å². The van der Waals surface area contributed by atoms with Gasteiger partial charge in [-0.2, -0.15) is 0 Å². The average Bonchev–Trinajstić information content (AvgIpc) is 2.56. The second kappa shape index (κ2) is 8.17. The van der Waals surface area contributed by atoms with Gasteiger partial charge in [0.2, 0.25) is 5.91 Å². The SMILES string of the molecule is CCC(CC)C(=O)Nc1ccc(NCc2ccccc2)nc1. The predicted molar refractivity (Wildman–Crippen MR) is 90.7 cm³/mol. The topological polar surface area (TPSA) is 54.0 Å². The van der Waals surface area contributed by atoms with Gasteiger partial charge in [-0.15, -0.1) is 0 Å². The Morgan fingerprint density at radius 3 is 2.41 bits per heavy atom. The van der Waals surface area contributed by atoms with Crippen molar-refractivity contribution in [2.75, 3.05) is 10.6 Å². The predicted octanol–water partition coefficient (Wildman–Crippen LogP) is 4.07. The van der Waals surface area contributed by atoms with E-state index in [1.54, 1.807) is 6.20 Å². The molecule has 4 nitrogen and oxygen atoms in total. The first-order chi connectivity index (χ1) is 10.7. The van der Waals surface area contributed by atoms with Crippen molar-refractivity contribution in [2.45, 2.75) is 33.2 Å². The molecule has 0 bridgehead atoms. The fourth-order valence-corrected chi connectivity index (χ4v) is 2.26. The molecule has 2 rings (SSSR count). The molecule has 2 N–H and O–H groups in total. The number of pyridine rings is 1. The Morgan fingerprint density at radius 2 is 1.82 bits per heavy atom. The average molecular weight is 297 g/mol. The van der Waals surface area contributed by atoms with E-state index in [-0.39, 0.29) is 11.8 Å². The number of amides is 1. The van der Waals surface area contributed by atoms with Crippen LogP contribution < -0.4 is 10.6 Å². The summed E-state index contributed by atoms with van der Waals surface area (Å²) in [5.74, 6) is 0.928. The van der Waals surface area contributed by atoms with Gasteiger partial charge in [-0.1, -0.05) is 44.2 Å². The monoisotopic (exact) mass is 297 g/mol. The van der Waals surface area contributed by atoms with Crippen LogP contribution in [-0.4, -0.2) is 10.9 Å². The molecule has 0 unspecified atom stereocenters. The Hall–Kier alpha value is -2.36. The summed E-state index contributed by atoms with van der Waals surface area (Å²) in [6.45, 7) is 4.79. The van der Waals surface area contributed by atoms with Gasteiger partial charge in [-0.05, 0) is 30.5 Å². The van der Waals surface area contributed by atoms with Crippen molar-refractivity contribution in [3.63, 3.8) is 0 Å². The second-order valence-electron chi connectivity index (χ2n) is 5.27. The van der Waals surface area contributed by atoms with Gasteiger partial charge in [0.15, 0.2) is 0 Å². The molecular formula is C18H23N3O.